The SMILES string of the molecule is CN(Cc1cc2c(cc1Br)OCCO2)CC1CCCN1c1cccnn1. The number of likely N-dealkylation sites (N-methyl/N-ethyl adjacent to an activating group) is 1. The Hall–Kier alpha value is -1.86. The fourth-order valence-electron chi connectivity index (χ4n) is 3.72. The Morgan fingerprint density at radius 1 is 1.27 bits per heavy atom. The Bertz CT molecular complexity index is 759. The molecule has 1 aromatic heterocycles. The summed E-state index contributed by atoms with van der Waals surface area (Å²) in [6.07, 6.45) is 4.10. The number of halogens is 1. The molecule has 1 fully saturated rings. The lowest BCUT2D eigenvalue weighted by atomic mass is 10.1. The molecule has 2 aliphatic heterocycles. The summed E-state index contributed by atoms with van der Waals surface area (Å²) in [5.41, 5.74) is 1.21. The molecule has 1 atom stereocenters. The Balaban J connectivity index is 1.43. The van der Waals surface area contributed by atoms with Gasteiger partial charge in [0.05, 0.1) is 0 Å². The van der Waals surface area contributed by atoms with Gasteiger partial charge in [0.2, 0.25) is 0 Å². The first-order valence-corrected chi connectivity index (χ1v) is 9.81. The van der Waals surface area contributed by atoms with Crippen LogP contribution in [0, 0.1) is 0 Å². The van der Waals surface area contributed by atoms with Crippen LogP contribution in [0.1, 0.15) is 18.4 Å². The number of anilines is 1. The monoisotopic (exact) mass is 418 g/mol. The third-order valence-electron chi connectivity index (χ3n) is 4.90. The molecule has 0 spiro atoms. The zero-order chi connectivity index (χ0) is 17.9. The van der Waals surface area contributed by atoms with Crippen molar-refractivity contribution in [1.29, 1.82) is 0 Å². The molecule has 3 heterocycles. The van der Waals surface area contributed by atoms with Crippen LogP contribution in [0.3, 0.4) is 0 Å². The summed E-state index contributed by atoms with van der Waals surface area (Å²) in [6, 6.07) is 8.56. The number of hydrogen-bond donors (Lipinski definition) is 0. The van der Waals surface area contributed by atoms with Gasteiger partial charge in [0.25, 0.3) is 0 Å². The van der Waals surface area contributed by atoms with E-state index in [0.29, 0.717) is 19.3 Å². The Kier molecular flexibility index (Phi) is 5.26. The number of fused-ring (bicyclic) bond motifs is 1. The molecule has 6 nitrogen and oxygen atoms in total. The summed E-state index contributed by atoms with van der Waals surface area (Å²) in [5.74, 6) is 2.63. The van der Waals surface area contributed by atoms with E-state index in [2.05, 4.69) is 49.0 Å². The van der Waals surface area contributed by atoms with Gasteiger partial charge in [-0.15, -0.1) is 5.10 Å². The third kappa shape index (κ3) is 3.78. The minimum absolute atomic E-state index is 0.465. The van der Waals surface area contributed by atoms with Gasteiger partial charge in [0.1, 0.15) is 13.2 Å². The molecule has 0 saturated carbocycles. The van der Waals surface area contributed by atoms with E-state index >= 15 is 0 Å². The summed E-state index contributed by atoms with van der Waals surface area (Å²) in [6.45, 7) is 4.10. The van der Waals surface area contributed by atoms with Crippen molar-refractivity contribution in [2.45, 2.75) is 25.4 Å². The van der Waals surface area contributed by atoms with Gasteiger partial charge < -0.3 is 19.3 Å². The quantitative estimate of drug-likeness (QED) is 0.743. The van der Waals surface area contributed by atoms with E-state index < -0.39 is 0 Å². The Labute approximate surface area is 162 Å². The van der Waals surface area contributed by atoms with Crippen molar-refractivity contribution in [1.82, 2.24) is 15.1 Å². The summed E-state index contributed by atoms with van der Waals surface area (Å²) >= 11 is 3.67. The van der Waals surface area contributed by atoms with Crippen molar-refractivity contribution in [3.8, 4) is 11.5 Å². The zero-order valence-corrected chi connectivity index (χ0v) is 16.5. The Morgan fingerprint density at radius 3 is 2.85 bits per heavy atom. The fraction of sp³-hybridized carbons (Fsp3) is 0.474. The molecule has 0 bridgehead atoms. The van der Waals surface area contributed by atoms with Crippen LogP contribution in [0.15, 0.2) is 34.9 Å². The standard InChI is InChI=1S/C19H23BrN4O2/c1-23(12-14-10-17-18(11-16(14)20)26-9-8-25-17)13-15-4-3-7-24(15)19-5-2-6-21-22-19/h2,5-6,10-11,15H,3-4,7-9,12-13H2,1H3. The van der Waals surface area contributed by atoms with Crippen LogP contribution < -0.4 is 14.4 Å². The first-order chi connectivity index (χ1) is 12.7. The normalized spacial score (nSPS) is 19.2. The number of rotatable bonds is 5. The Morgan fingerprint density at radius 2 is 2.08 bits per heavy atom. The van der Waals surface area contributed by atoms with E-state index in [4.69, 9.17) is 9.47 Å². The van der Waals surface area contributed by atoms with Crippen LogP contribution in [-0.2, 0) is 6.54 Å². The molecule has 4 rings (SSSR count). The van der Waals surface area contributed by atoms with Crippen molar-refractivity contribution in [3.05, 3.63) is 40.5 Å². The minimum Gasteiger partial charge on any atom is -0.486 e. The largest absolute Gasteiger partial charge is 0.486 e. The first kappa shape index (κ1) is 17.5. The van der Waals surface area contributed by atoms with Crippen molar-refractivity contribution in [2.24, 2.45) is 0 Å². The summed E-state index contributed by atoms with van der Waals surface area (Å²) in [5, 5.41) is 8.31. The second-order valence-electron chi connectivity index (χ2n) is 6.86. The predicted molar refractivity (Wildman–Crippen MR) is 104 cm³/mol. The lowest BCUT2D eigenvalue weighted by Gasteiger charge is -2.29. The van der Waals surface area contributed by atoms with Crippen LogP contribution in [0.4, 0.5) is 5.82 Å². The summed E-state index contributed by atoms with van der Waals surface area (Å²) < 4.78 is 12.4. The molecule has 138 valence electrons. The second kappa shape index (κ2) is 7.80. The van der Waals surface area contributed by atoms with E-state index in [1.165, 1.54) is 18.4 Å². The second-order valence-corrected chi connectivity index (χ2v) is 7.71. The molecule has 0 N–H and O–H groups in total. The smallest absolute Gasteiger partial charge is 0.162 e. The molecule has 26 heavy (non-hydrogen) atoms. The number of nitrogens with zero attached hydrogens (tertiary/aromatic N) is 4. The third-order valence-corrected chi connectivity index (χ3v) is 5.64. The van der Waals surface area contributed by atoms with Gasteiger partial charge >= 0.3 is 0 Å². The number of hydrogen-bond acceptors (Lipinski definition) is 6. The highest BCUT2D eigenvalue weighted by Gasteiger charge is 2.27. The van der Waals surface area contributed by atoms with E-state index in [9.17, 15) is 0 Å². The van der Waals surface area contributed by atoms with E-state index in [1.54, 1.807) is 6.20 Å². The molecular formula is C19H23BrN4O2. The molecular weight excluding hydrogens is 396 g/mol. The van der Waals surface area contributed by atoms with Crippen molar-refractivity contribution in [2.75, 3.05) is 38.3 Å². The molecule has 1 aromatic carbocycles. The van der Waals surface area contributed by atoms with Gasteiger partial charge in [-0.1, -0.05) is 15.9 Å². The van der Waals surface area contributed by atoms with Crippen LogP contribution in [0.25, 0.3) is 0 Å². The number of benzene rings is 1. The van der Waals surface area contributed by atoms with Gasteiger partial charge in [-0.25, -0.2) is 0 Å². The van der Waals surface area contributed by atoms with Gasteiger partial charge in [-0.05, 0) is 49.7 Å². The average Bonchev–Trinajstić information content (AvgIpc) is 3.11. The van der Waals surface area contributed by atoms with E-state index in [-0.39, 0.29) is 0 Å². The van der Waals surface area contributed by atoms with Gasteiger partial charge in [-0.3, -0.25) is 0 Å². The van der Waals surface area contributed by atoms with Crippen LogP contribution in [0.2, 0.25) is 0 Å². The minimum atomic E-state index is 0.465. The number of aromatic nitrogens is 2. The maximum atomic E-state index is 5.72. The van der Waals surface area contributed by atoms with Crippen LogP contribution in [0.5, 0.6) is 11.5 Å². The molecule has 0 amide bonds. The van der Waals surface area contributed by atoms with Crippen molar-refractivity contribution < 1.29 is 9.47 Å². The van der Waals surface area contributed by atoms with Gasteiger partial charge in [0.15, 0.2) is 17.3 Å². The maximum Gasteiger partial charge on any atom is 0.162 e. The molecule has 7 heteroatoms. The molecule has 0 aliphatic carbocycles. The lowest BCUT2D eigenvalue weighted by molar-refractivity contribution is 0.171. The van der Waals surface area contributed by atoms with E-state index in [0.717, 1.165) is 41.4 Å². The molecule has 0 radical (unpaired) electrons. The van der Waals surface area contributed by atoms with Crippen molar-refractivity contribution in [3.63, 3.8) is 0 Å². The average molecular weight is 419 g/mol. The molecule has 1 unspecified atom stereocenters. The highest BCUT2D eigenvalue weighted by molar-refractivity contribution is 9.10. The zero-order valence-electron chi connectivity index (χ0n) is 14.9. The van der Waals surface area contributed by atoms with Crippen molar-refractivity contribution >= 4 is 21.7 Å². The molecule has 2 aliphatic rings. The van der Waals surface area contributed by atoms with Gasteiger partial charge in [-0.2, -0.15) is 5.10 Å². The summed E-state index contributed by atoms with van der Waals surface area (Å²) in [4.78, 5) is 4.73. The molecule has 2 aromatic rings. The fourth-order valence-corrected chi connectivity index (χ4v) is 4.16. The first-order valence-electron chi connectivity index (χ1n) is 9.01. The highest BCUT2D eigenvalue weighted by atomic mass is 79.9. The summed E-state index contributed by atoms with van der Waals surface area (Å²) in [7, 11) is 2.16. The van der Waals surface area contributed by atoms with E-state index in [1.807, 2.05) is 18.2 Å². The van der Waals surface area contributed by atoms with Crippen LogP contribution in [-0.4, -0.2) is 54.5 Å². The van der Waals surface area contributed by atoms with Crippen LogP contribution >= 0.6 is 15.9 Å². The topological polar surface area (TPSA) is 50.7 Å². The predicted octanol–water partition coefficient (Wildman–Crippen LogP) is 3.11. The highest BCUT2D eigenvalue weighted by Crippen LogP contribution is 2.36. The maximum absolute atomic E-state index is 5.72. The number of ether oxygens (including phenoxy) is 2. The van der Waals surface area contributed by atoms with Gasteiger partial charge in [0, 0.05) is 36.3 Å². The lowest BCUT2D eigenvalue weighted by Crippen LogP contribution is -2.39. The molecule has 1 saturated heterocycles.